The molecule has 4 rings (SSSR count). The Kier molecular flexibility index (Phi) is 4.44. The molecule has 1 aromatic carbocycles. The Morgan fingerprint density at radius 1 is 1.00 bits per heavy atom. The lowest BCUT2D eigenvalue weighted by atomic mass is 9.95. The lowest BCUT2D eigenvalue weighted by molar-refractivity contribution is 0.0586. The van der Waals surface area contributed by atoms with Crippen molar-refractivity contribution in [2.75, 3.05) is 20.2 Å². The molecular weight excluding hydrogens is 334 g/mol. The van der Waals surface area contributed by atoms with E-state index in [-0.39, 0.29) is 11.8 Å². The quantitative estimate of drug-likeness (QED) is 0.784. The lowest BCUT2D eigenvalue weighted by Gasteiger charge is -2.30. The maximum absolute atomic E-state index is 12.9. The average Bonchev–Trinajstić information content (AvgIpc) is 3.43. The van der Waals surface area contributed by atoms with Gasteiger partial charge in [0.2, 0.25) is 11.8 Å². The third-order valence-corrected chi connectivity index (χ3v) is 5.08. The molecule has 0 spiro atoms. The highest BCUT2D eigenvalue weighted by molar-refractivity contribution is 6.05. The largest absolute Gasteiger partial charge is 0.465 e. The van der Waals surface area contributed by atoms with Crippen LogP contribution in [0.2, 0.25) is 0 Å². The summed E-state index contributed by atoms with van der Waals surface area (Å²) in [4.78, 5) is 26.5. The van der Waals surface area contributed by atoms with Gasteiger partial charge in [0.15, 0.2) is 0 Å². The minimum Gasteiger partial charge on any atom is -0.465 e. The van der Waals surface area contributed by atoms with Crippen molar-refractivity contribution in [3.63, 3.8) is 0 Å². The van der Waals surface area contributed by atoms with E-state index in [2.05, 4.69) is 10.2 Å². The van der Waals surface area contributed by atoms with Crippen LogP contribution in [0.5, 0.6) is 0 Å². The van der Waals surface area contributed by atoms with Gasteiger partial charge in [-0.25, -0.2) is 4.79 Å². The van der Waals surface area contributed by atoms with Crippen LogP contribution in [-0.2, 0) is 4.74 Å². The van der Waals surface area contributed by atoms with Gasteiger partial charge in [-0.15, -0.1) is 10.2 Å². The van der Waals surface area contributed by atoms with Crippen LogP contribution < -0.4 is 0 Å². The minimum atomic E-state index is -0.498. The van der Waals surface area contributed by atoms with E-state index in [4.69, 9.17) is 9.15 Å². The zero-order valence-corrected chi connectivity index (χ0v) is 14.7. The molecule has 0 radical (unpaired) electrons. The zero-order valence-electron chi connectivity index (χ0n) is 14.7. The van der Waals surface area contributed by atoms with Crippen LogP contribution >= 0.6 is 0 Å². The Balaban J connectivity index is 1.43. The van der Waals surface area contributed by atoms with E-state index in [1.807, 2.05) is 0 Å². The Morgan fingerprint density at radius 2 is 1.58 bits per heavy atom. The molecule has 1 saturated carbocycles. The van der Waals surface area contributed by atoms with E-state index in [0.29, 0.717) is 36.0 Å². The van der Waals surface area contributed by atoms with Gasteiger partial charge in [0.25, 0.3) is 5.91 Å². The number of carbonyl (C=O) groups excluding carboxylic acids is 2. The van der Waals surface area contributed by atoms with Crippen LogP contribution in [-0.4, -0.2) is 47.2 Å². The van der Waals surface area contributed by atoms with E-state index >= 15 is 0 Å². The van der Waals surface area contributed by atoms with E-state index in [1.165, 1.54) is 7.11 Å². The van der Waals surface area contributed by atoms with Gasteiger partial charge in [-0.1, -0.05) is 12.1 Å². The summed E-state index contributed by atoms with van der Waals surface area (Å²) in [7, 11) is 1.31. The molecule has 0 unspecified atom stereocenters. The van der Waals surface area contributed by atoms with E-state index < -0.39 is 5.97 Å². The van der Waals surface area contributed by atoms with Crippen LogP contribution in [0.15, 0.2) is 28.7 Å². The molecule has 136 valence electrons. The molecule has 2 aliphatic rings. The first-order valence-electron chi connectivity index (χ1n) is 8.97. The second-order valence-corrected chi connectivity index (χ2v) is 6.86. The first kappa shape index (κ1) is 16.8. The maximum atomic E-state index is 12.9. The average molecular weight is 355 g/mol. The fourth-order valence-electron chi connectivity index (χ4n) is 3.36. The number of hydrogen-bond acceptors (Lipinski definition) is 6. The summed E-state index contributed by atoms with van der Waals surface area (Å²) in [6.45, 7) is 1.19. The monoisotopic (exact) mass is 355 g/mol. The molecule has 1 aliphatic carbocycles. The molecule has 2 aromatic rings. The number of likely N-dealkylation sites (tertiary alicyclic amines) is 1. The van der Waals surface area contributed by atoms with Crippen molar-refractivity contribution in [1.82, 2.24) is 15.1 Å². The van der Waals surface area contributed by atoms with Gasteiger partial charge in [-0.2, -0.15) is 0 Å². The molecule has 1 aromatic heterocycles. The third-order valence-electron chi connectivity index (χ3n) is 5.08. The first-order valence-corrected chi connectivity index (χ1v) is 8.97. The van der Waals surface area contributed by atoms with Crippen LogP contribution in [0, 0.1) is 0 Å². The molecule has 0 atom stereocenters. The number of aromatic nitrogens is 2. The van der Waals surface area contributed by atoms with Crippen LogP contribution in [0.25, 0.3) is 0 Å². The van der Waals surface area contributed by atoms with Gasteiger partial charge in [0, 0.05) is 24.9 Å². The summed E-state index contributed by atoms with van der Waals surface area (Å²) in [6.07, 6.45) is 3.82. The van der Waals surface area contributed by atoms with Gasteiger partial charge in [-0.05, 0) is 37.8 Å². The van der Waals surface area contributed by atoms with Gasteiger partial charge in [0.1, 0.15) is 0 Å². The molecule has 7 nitrogen and oxygen atoms in total. The summed E-state index contributed by atoms with van der Waals surface area (Å²) >= 11 is 0. The van der Waals surface area contributed by atoms with Crippen LogP contribution in [0.1, 0.15) is 70.0 Å². The Labute approximate surface area is 151 Å². The molecule has 26 heavy (non-hydrogen) atoms. The minimum absolute atomic E-state index is 0.145. The summed E-state index contributed by atoms with van der Waals surface area (Å²) in [5.41, 5.74) is 0.680. The molecule has 0 bridgehead atoms. The predicted molar refractivity (Wildman–Crippen MR) is 91.9 cm³/mol. The SMILES string of the molecule is COC(=O)c1ccccc1C(=O)N1CCC(c2nnc(C3CC3)o2)CC1. The Hall–Kier alpha value is -2.70. The fraction of sp³-hybridized carbons (Fsp3) is 0.474. The highest BCUT2D eigenvalue weighted by Gasteiger charge is 2.33. The van der Waals surface area contributed by atoms with Crippen LogP contribution in [0.4, 0.5) is 0 Å². The summed E-state index contributed by atoms with van der Waals surface area (Å²) < 4.78 is 10.6. The number of hydrogen-bond donors (Lipinski definition) is 0. The number of nitrogens with zero attached hydrogens (tertiary/aromatic N) is 3. The molecule has 0 N–H and O–H groups in total. The van der Waals surface area contributed by atoms with Gasteiger partial charge in [-0.3, -0.25) is 4.79 Å². The Bertz CT molecular complexity index is 820. The van der Waals surface area contributed by atoms with Crippen molar-refractivity contribution in [3.05, 3.63) is 47.2 Å². The normalized spacial score (nSPS) is 18.0. The number of rotatable bonds is 4. The van der Waals surface area contributed by atoms with Crippen molar-refractivity contribution >= 4 is 11.9 Å². The highest BCUT2D eigenvalue weighted by Crippen LogP contribution is 2.40. The number of amides is 1. The molecular formula is C19H21N3O4. The van der Waals surface area contributed by atoms with Crippen molar-refractivity contribution in [1.29, 1.82) is 0 Å². The van der Waals surface area contributed by atoms with E-state index in [9.17, 15) is 9.59 Å². The number of piperidine rings is 1. The number of ether oxygens (including phenoxy) is 1. The lowest BCUT2D eigenvalue weighted by Crippen LogP contribution is -2.38. The second kappa shape index (κ2) is 6.90. The van der Waals surface area contributed by atoms with Gasteiger partial charge < -0.3 is 14.1 Å². The highest BCUT2D eigenvalue weighted by atomic mass is 16.5. The summed E-state index contributed by atoms with van der Waals surface area (Å²) in [6, 6.07) is 6.76. The topological polar surface area (TPSA) is 85.5 Å². The van der Waals surface area contributed by atoms with Crippen molar-refractivity contribution in [2.45, 2.75) is 37.5 Å². The molecule has 7 heteroatoms. The Morgan fingerprint density at radius 3 is 2.15 bits per heavy atom. The number of benzene rings is 1. The van der Waals surface area contributed by atoms with Crippen molar-refractivity contribution < 1.29 is 18.7 Å². The van der Waals surface area contributed by atoms with E-state index in [0.717, 1.165) is 31.6 Å². The first-order chi connectivity index (χ1) is 12.7. The van der Waals surface area contributed by atoms with Crippen LogP contribution in [0.3, 0.4) is 0 Å². The van der Waals surface area contributed by atoms with Crippen molar-refractivity contribution in [2.24, 2.45) is 0 Å². The maximum Gasteiger partial charge on any atom is 0.338 e. The second-order valence-electron chi connectivity index (χ2n) is 6.86. The molecule has 1 aliphatic heterocycles. The third kappa shape index (κ3) is 3.21. The smallest absolute Gasteiger partial charge is 0.338 e. The molecule has 1 saturated heterocycles. The summed E-state index contributed by atoms with van der Waals surface area (Å²) in [5, 5.41) is 8.34. The van der Waals surface area contributed by atoms with Gasteiger partial charge in [0.05, 0.1) is 18.2 Å². The van der Waals surface area contributed by atoms with E-state index in [1.54, 1.807) is 29.2 Å². The summed E-state index contributed by atoms with van der Waals surface area (Å²) in [5.74, 6) is 1.44. The number of methoxy groups -OCH3 is 1. The number of esters is 1. The fourth-order valence-corrected chi connectivity index (χ4v) is 3.36. The molecule has 2 heterocycles. The standard InChI is InChI=1S/C19H21N3O4/c1-25-19(24)15-5-3-2-4-14(15)18(23)22-10-8-13(9-11-22)17-21-20-16(26-17)12-6-7-12/h2-5,12-13H,6-11H2,1H3. The zero-order chi connectivity index (χ0) is 18.1. The predicted octanol–water partition coefficient (Wildman–Crippen LogP) is 2.75. The van der Waals surface area contributed by atoms with Gasteiger partial charge >= 0.3 is 5.97 Å². The molecule has 2 fully saturated rings. The molecule has 1 amide bonds. The van der Waals surface area contributed by atoms with Crippen molar-refractivity contribution in [3.8, 4) is 0 Å². The number of carbonyl (C=O) groups is 2.